The Morgan fingerprint density at radius 3 is 2.33 bits per heavy atom. The predicted molar refractivity (Wildman–Crippen MR) is 92.8 cm³/mol. The van der Waals surface area contributed by atoms with Crippen molar-refractivity contribution in [1.82, 2.24) is 10.2 Å². The molecule has 0 amide bonds. The number of nitrogens with one attached hydrogen (secondary N) is 1. The summed E-state index contributed by atoms with van der Waals surface area (Å²) < 4.78 is 0. The molecule has 1 aromatic carbocycles. The monoisotopic (exact) mass is 348 g/mol. The minimum absolute atomic E-state index is 0.143. The highest BCUT2D eigenvalue weighted by Crippen LogP contribution is 2.37. The van der Waals surface area contributed by atoms with E-state index in [0.717, 1.165) is 12.1 Å². The van der Waals surface area contributed by atoms with Crippen molar-refractivity contribution in [3.8, 4) is 0 Å². The first-order valence-corrected chi connectivity index (χ1v) is 8.55. The summed E-state index contributed by atoms with van der Waals surface area (Å²) in [6.07, 6.45) is 5.10. The van der Waals surface area contributed by atoms with Crippen molar-refractivity contribution in [3.05, 3.63) is 32.8 Å². The Hall–Kier alpha value is 0.01000. The van der Waals surface area contributed by atoms with Gasteiger partial charge in [-0.15, -0.1) is 0 Å². The summed E-state index contributed by atoms with van der Waals surface area (Å²) in [5, 5.41) is 5.11. The van der Waals surface area contributed by atoms with E-state index in [9.17, 15) is 0 Å². The zero-order valence-electron chi connectivity index (χ0n) is 12.8. The summed E-state index contributed by atoms with van der Waals surface area (Å²) in [6.45, 7) is 3.07. The Kier molecular flexibility index (Phi) is 5.84. The van der Waals surface area contributed by atoms with Crippen LogP contribution in [0.3, 0.4) is 0 Å². The van der Waals surface area contributed by atoms with Crippen molar-refractivity contribution in [2.75, 3.05) is 20.6 Å². The molecule has 5 heteroatoms. The Bertz CT molecular complexity index is 497. The third kappa shape index (κ3) is 3.68. The highest BCUT2D eigenvalue weighted by molar-refractivity contribution is 6.48. The van der Waals surface area contributed by atoms with Gasteiger partial charge in [0.2, 0.25) is 0 Å². The van der Waals surface area contributed by atoms with E-state index in [0.29, 0.717) is 15.1 Å². The van der Waals surface area contributed by atoms with Gasteiger partial charge in [0.1, 0.15) is 0 Å². The zero-order chi connectivity index (χ0) is 15.6. The van der Waals surface area contributed by atoms with Crippen LogP contribution in [-0.2, 0) is 0 Å². The van der Waals surface area contributed by atoms with Gasteiger partial charge in [0, 0.05) is 18.1 Å². The van der Waals surface area contributed by atoms with E-state index in [1.807, 2.05) is 6.07 Å². The van der Waals surface area contributed by atoms with Gasteiger partial charge in [0.05, 0.1) is 15.1 Å². The van der Waals surface area contributed by atoms with Gasteiger partial charge in [-0.1, -0.05) is 53.7 Å². The molecule has 1 aromatic rings. The molecule has 0 aliphatic heterocycles. The quantitative estimate of drug-likeness (QED) is 0.738. The lowest BCUT2D eigenvalue weighted by atomic mass is 9.95. The van der Waals surface area contributed by atoms with Crippen LogP contribution >= 0.6 is 34.8 Å². The summed E-state index contributed by atoms with van der Waals surface area (Å²) in [5.74, 6) is 0. The second-order valence-electron chi connectivity index (χ2n) is 6.19. The van der Waals surface area contributed by atoms with Crippen LogP contribution in [-0.4, -0.2) is 31.1 Å². The lowest BCUT2D eigenvalue weighted by molar-refractivity contribution is 0.150. The molecule has 1 N–H and O–H groups in total. The molecule has 0 saturated heterocycles. The van der Waals surface area contributed by atoms with Gasteiger partial charge in [0.25, 0.3) is 0 Å². The predicted octanol–water partition coefficient (Wildman–Crippen LogP) is 5.17. The zero-order valence-corrected chi connectivity index (χ0v) is 15.1. The van der Waals surface area contributed by atoms with E-state index < -0.39 is 0 Å². The Balaban J connectivity index is 2.08. The number of rotatable bonds is 5. The van der Waals surface area contributed by atoms with Crippen LogP contribution in [0.15, 0.2) is 12.1 Å². The molecule has 0 bridgehead atoms. The van der Waals surface area contributed by atoms with Crippen molar-refractivity contribution >= 4 is 34.8 Å². The number of hydrogen-bond acceptors (Lipinski definition) is 2. The second-order valence-corrected chi connectivity index (χ2v) is 7.36. The van der Waals surface area contributed by atoms with Crippen LogP contribution in [0.2, 0.25) is 15.1 Å². The van der Waals surface area contributed by atoms with Crippen LogP contribution in [0, 0.1) is 0 Å². The van der Waals surface area contributed by atoms with Crippen LogP contribution in [0.4, 0.5) is 0 Å². The number of hydrogen-bond donors (Lipinski definition) is 1. The molecular formula is C16H23Cl3N2. The maximum absolute atomic E-state index is 6.32. The third-order valence-electron chi connectivity index (χ3n) is 4.75. The minimum atomic E-state index is 0.143. The smallest absolute Gasteiger partial charge is 0.0781 e. The SMILES string of the molecule is CC(NCC1(N(C)C)CCCC1)c1ccc(Cl)c(Cl)c1Cl. The fourth-order valence-electron chi connectivity index (χ4n) is 3.14. The van der Waals surface area contributed by atoms with Crippen molar-refractivity contribution in [2.24, 2.45) is 0 Å². The molecule has 0 spiro atoms. The third-order valence-corrected chi connectivity index (χ3v) is 6.06. The second kappa shape index (κ2) is 7.06. The van der Waals surface area contributed by atoms with Crippen molar-refractivity contribution in [2.45, 2.75) is 44.2 Å². The summed E-state index contributed by atoms with van der Waals surface area (Å²) >= 11 is 18.4. The standard InChI is InChI=1S/C16H23Cl3N2/c1-11(12-6-7-13(17)15(19)14(12)18)20-10-16(21(2)3)8-4-5-9-16/h6-7,11,20H,4-5,8-10H2,1-3H3. The molecule has 0 aromatic heterocycles. The maximum atomic E-state index is 6.32. The molecule has 1 aliphatic rings. The molecule has 118 valence electrons. The molecule has 21 heavy (non-hydrogen) atoms. The van der Waals surface area contributed by atoms with Crippen LogP contribution in [0.25, 0.3) is 0 Å². The molecule has 2 rings (SSSR count). The first-order valence-electron chi connectivity index (χ1n) is 7.41. The van der Waals surface area contributed by atoms with Gasteiger partial charge in [-0.05, 0) is 45.5 Å². The van der Waals surface area contributed by atoms with Gasteiger partial charge < -0.3 is 10.2 Å². The molecule has 0 radical (unpaired) electrons. The van der Waals surface area contributed by atoms with Crippen LogP contribution < -0.4 is 5.32 Å². The van der Waals surface area contributed by atoms with Crippen molar-refractivity contribution in [1.29, 1.82) is 0 Å². The fraction of sp³-hybridized carbons (Fsp3) is 0.625. The van der Waals surface area contributed by atoms with E-state index in [1.54, 1.807) is 6.07 Å². The summed E-state index contributed by atoms with van der Waals surface area (Å²) in [5.41, 5.74) is 1.26. The molecule has 1 fully saturated rings. The molecular weight excluding hydrogens is 327 g/mol. The van der Waals surface area contributed by atoms with Crippen LogP contribution in [0.1, 0.15) is 44.2 Å². The molecule has 0 heterocycles. The van der Waals surface area contributed by atoms with E-state index in [4.69, 9.17) is 34.8 Å². The van der Waals surface area contributed by atoms with Crippen LogP contribution in [0.5, 0.6) is 0 Å². The molecule has 2 nitrogen and oxygen atoms in total. The molecule has 1 unspecified atom stereocenters. The normalized spacial score (nSPS) is 19.2. The summed E-state index contributed by atoms with van der Waals surface area (Å²) in [6, 6.07) is 3.90. The molecule has 1 saturated carbocycles. The summed E-state index contributed by atoms with van der Waals surface area (Å²) in [4.78, 5) is 2.36. The first-order chi connectivity index (χ1) is 9.87. The minimum Gasteiger partial charge on any atom is -0.308 e. The topological polar surface area (TPSA) is 15.3 Å². The Morgan fingerprint density at radius 1 is 1.14 bits per heavy atom. The number of nitrogens with zero attached hydrogens (tertiary/aromatic N) is 1. The number of halogens is 3. The number of benzene rings is 1. The average Bonchev–Trinajstić information content (AvgIpc) is 2.92. The van der Waals surface area contributed by atoms with Gasteiger partial charge in [0.15, 0.2) is 0 Å². The van der Waals surface area contributed by atoms with Gasteiger partial charge in [-0.3, -0.25) is 0 Å². The van der Waals surface area contributed by atoms with Gasteiger partial charge >= 0.3 is 0 Å². The van der Waals surface area contributed by atoms with Gasteiger partial charge in [-0.25, -0.2) is 0 Å². The van der Waals surface area contributed by atoms with E-state index in [2.05, 4.69) is 31.2 Å². The van der Waals surface area contributed by atoms with E-state index >= 15 is 0 Å². The largest absolute Gasteiger partial charge is 0.308 e. The maximum Gasteiger partial charge on any atom is 0.0781 e. The molecule has 1 atom stereocenters. The fourth-order valence-corrected chi connectivity index (χ4v) is 3.85. The van der Waals surface area contributed by atoms with Crippen molar-refractivity contribution < 1.29 is 0 Å². The number of likely N-dealkylation sites (N-methyl/N-ethyl adjacent to an activating group) is 1. The Morgan fingerprint density at radius 2 is 1.76 bits per heavy atom. The summed E-state index contributed by atoms with van der Waals surface area (Å²) in [7, 11) is 4.34. The lowest BCUT2D eigenvalue weighted by Gasteiger charge is -2.37. The first kappa shape index (κ1) is 17.4. The highest BCUT2D eigenvalue weighted by Gasteiger charge is 2.36. The Labute approximate surface area is 142 Å². The molecule has 1 aliphatic carbocycles. The van der Waals surface area contributed by atoms with E-state index in [1.165, 1.54) is 25.7 Å². The lowest BCUT2D eigenvalue weighted by Crippen LogP contribution is -2.50. The van der Waals surface area contributed by atoms with Crippen molar-refractivity contribution in [3.63, 3.8) is 0 Å². The average molecular weight is 350 g/mol. The van der Waals surface area contributed by atoms with E-state index in [-0.39, 0.29) is 11.6 Å². The highest BCUT2D eigenvalue weighted by atomic mass is 35.5. The van der Waals surface area contributed by atoms with Gasteiger partial charge in [-0.2, -0.15) is 0 Å².